The first-order chi connectivity index (χ1) is 21.7. The number of allylic oxidation sites excluding steroid dienone is 3. The van der Waals surface area contributed by atoms with Crippen LogP contribution in [0.5, 0.6) is 23.0 Å². The van der Waals surface area contributed by atoms with Gasteiger partial charge in [0.2, 0.25) is 5.91 Å². The summed E-state index contributed by atoms with van der Waals surface area (Å²) in [6.45, 7) is 11.1. The van der Waals surface area contributed by atoms with E-state index in [9.17, 15) is 19.8 Å². The Labute approximate surface area is 280 Å². The Balaban J connectivity index is 1.57. The van der Waals surface area contributed by atoms with Crippen LogP contribution in [0.15, 0.2) is 53.6 Å². The van der Waals surface area contributed by atoms with Crippen LogP contribution in [0.1, 0.15) is 53.0 Å². The van der Waals surface area contributed by atoms with E-state index in [1.54, 1.807) is 48.1 Å². The molecule has 0 spiro atoms. The minimum Gasteiger partial charge on any atom is -0.505 e. The zero-order valence-corrected chi connectivity index (χ0v) is 28.6. The second-order valence-electron chi connectivity index (χ2n) is 11.7. The lowest BCUT2D eigenvalue weighted by Gasteiger charge is -2.35. The summed E-state index contributed by atoms with van der Waals surface area (Å²) in [6, 6.07) is 7.83. The zero-order valence-electron chi connectivity index (χ0n) is 27.1. The Morgan fingerprint density at radius 3 is 2.22 bits per heavy atom. The fourth-order valence-corrected chi connectivity index (χ4v) is 4.91. The number of rotatable bonds is 12. The molecule has 0 aliphatic carbocycles. The van der Waals surface area contributed by atoms with Crippen LogP contribution in [0.3, 0.4) is 0 Å². The van der Waals surface area contributed by atoms with Crippen LogP contribution in [-0.2, 0) is 20.9 Å². The van der Waals surface area contributed by atoms with Gasteiger partial charge in [0.05, 0.1) is 29.5 Å². The highest BCUT2D eigenvalue weighted by molar-refractivity contribution is 6.37. The van der Waals surface area contributed by atoms with Crippen LogP contribution in [0.2, 0.25) is 10.0 Å². The Morgan fingerprint density at radius 1 is 1.00 bits per heavy atom. The first-order valence-corrected chi connectivity index (χ1v) is 15.7. The summed E-state index contributed by atoms with van der Waals surface area (Å²) in [5.74, 6) is 2.00. The Hall–Kier alpha value is -3.80. The number of carbonyl (C=O) groups excluding carboxylic acids is 2. The number of hydrogen-bond acceptors (Lipinski definition) is 9. The van der Waals surface area contributed by atoms with Gasteiger partial charge in [0.1, 0.15) is 34.4 Å². The van der Waals surface area contributed by atoms with Crippen molar-refractivity contribution in [3.63, 3.8) is 0 Å². The quantitative estimate of drug-likeness (QED) is 0.129. The van der Waals surface area contributed by atoms with Crippen molar-refractivity contribution in [2.24, 2.45) is 0 Å². The van der Waals surface area contributed by atoms with E-state index in [4.69, 9.17) is 42.1 Å². The molecule has 0 radical (unpaired) electrons. The maximum Gasteiger partial charge on any atom is 0.410 e. The SMILES string of the molecule is CO/C(C)=C(\C=C(/C)Oc1cc(Oc2cc(Cl)c(O)c(Cl)c2)ccc1CO)NCCCC(=O)N1CCN(C(=O)OC(C)(C)C)CC1. The molecule has 3 N–H and O–H groups in total. The lowest BCUT2D eigenvalue weighted by Crippen LogP contribution is -2.51. The monoisotopic (exact) mass is 679 g/mol. The smallest absolute Gasteiger partial charge is 0.410 e. The number of carbonyl (C=O) groups is 2. The van der Waals surface area contributed by atoms with Crippen molar-refractivity contribution in [2.75, 3.05) is 39.8 Å². The molecule has 0 saturated carbocycles. The lowest BCUT2D eigenvalue weighted by atomic mass is 10.2. The molecule has 13 heteroatoms. The van der Waals surface area contributed by atoms with Gasteiger partial charge < -0.3 is 44.3 Å². The number of aromatic hydroxyl groups is 1. The summed E-state index contributed by atoms with van der Waals surface area (Å²) >= 11 is 12.0. The van der Waals surface area contributed by atoms with Crippen molar-refractivity contribution in [3.05, 3.63) is 69.2 Å². The molecular weight excluding hydrogens is 637 g/mol. The Bertz CT molecular complexity index is 1420. The van der Waals surface area contributed by atoms with Crippen LogP contribution >= 0.6 is 23.2 Å². The van der Waals surface area contributed by atoms with E-state index in [0.29, 0.717) is 85.6 Å². The minimum absolute atomic E-state index is 0.0326. The summed E-state index contributed by atoms with van der Waals surface area (Å²) in [5, 5.41) is 23.1. The number of hydrogen-bond donors (Lipinski definition) is 3. The van der Waals surface area contributed by atoms with Gasteiger partial charge >= 0.3 is 6.09 Å². The number of ether oxygens (including phenoxy) is 4. The summed E-state index contributed by atoms with van der Waals surface area (Å²) in [6.07, 6.45) is 2.34. The van der Waals surface area contributed by atoms with Gasteiger partial charge in [-0.15, -0.1) is 0 Å². The number of amides is 2. The van der Waals surface area contributed by atoms with Gasteiger partial charge in [-0.3, -0.25) is 4.79 Å². The molecule has 1 aliphatic heterocycles. The molecule has 46 heavy (non-hydrogen) atoms. The van der Waals surface area contributed by atoms with E-state index < -0.39 is 5.60 Å². The van der Waals surface area contributed by atoms with E-state index in [1.807, 2.05) is 27.7 Å². The third-order valence-corrected chi connectivity index (χ3v) is 7.48. The van der Waals surface area contributed by atoms with Crippen LogP contribution in [0.25, 0.3) is 0 Å². The van der Waals surface area contributed by atoms with Crippen molar-refractivity contribution in [1.82, 2.24) is 15.1 Å². The maximum absolute atomic E-state index is 12.8. The Kier molecular flexibility index (Phi) is 13.3. The first-order valence-electron chi connectivity index (χ1n) is 14.9. The van der Waals surface area contributed by atoms with Crippen LogP contribution in [0.4, 0.5) is 4.79 Å². The van der Waals surface area contributed by atoms with Gasteiger partial charge in [0.25, 0.3) is 0 Å². The molecule has 1 fully saturated rings. The molecule has 252 valence electrons. The van der Waals surface area contributed by atoms with Crippen molar-refractivity contribution in [1.29, 1.82) is 0 Å². The highest BCUT2D eigenvalue weighted by Crippen LogP contribution is 2.38. The number of phenols is 1. The molecule has 0 atom stereocenters. The van der Waals surface area contributed by atoms with Crippen LogP contribution in [0, 0.1) is 0 Å². The summed E-state index contributed by atoms with van der Waals surface area (Å²) in [5.41, 5.74) is 0.646. The molecule has 11 nitrogen and oxygen atoms in total. The molecule has 0 unspecified atom stereocenters. The number of aliphatic hydroxyl groups excluding tert-OH is 1. The van der Waals surface area contributed by atoms with E-state index in [-0.39, 0.29) is 34.4 Å². The van der Waals surface area contributed by atoms with Crippen LogP contribution < -0.4 is 14.8 Å². The molecule has 1 heterocycles. The third kappa shape index (κ3) is 10.9. The normalized spacial score (nSPS) is 14.4. The number of piperazine rings is 1. The van der Waals surface area contributed by atoms with E-state index in [0.717, 1.165) is 0 Å². The van der Waals surface area contributed by atoms with Gasteiger partial charge in [-0.1, -0.05) is 23.2 Å². The molecule has 2 aromatic carbocycles. The van der Waals surface area contributed by atoms with Gasteiger partial charge in [-0.05, 0) is 53.2 Å². The average Bonchev–Trinajstić information content (AvgIpc) is 3.00. The van der Waals surface area contributed by atoms with Crippen molar-refractivity contribution >= 4 is 35.2 Å². The molecular formula is C33H43Cl2N3O8. The van der Waals surface area contributed by atoms with Crippen molar-refractivity contribution in [3.8, 4) is 23.0 Å². The topological polar surface area (TPSA) is 130 Å². The fraction of sp³-hybridized carbons (Fsp3) is 0.455. The second kappa shape index (κ2) is 16.7. The number of methoxy groups -OCH3 is 1. The maximum atomic E-state index is 12.8. The van der Waals surface area contributed by atoms with Gasteiger partial charge in [0, 0.05) is 69.0 Å². The van der Waals surface area contributed by atoms with Crippen LogP contribution in [-0.4, -0.2) is 77.4 Å². The summed E-state index contributed by atoms with van der Waals surface area (Å²) in [4.78, 5) is 28.5. The van der Waals surface area contributed by atoms with E-state index in [2.05, 4.69) is 5.32 Å². The number of halogens is 2. The lowest BCUT2D eigenvalue weighted by molar-refractivity contribution is -0.133. The number of phenolic OH excluding ortho intramolecular Hbond substituents is 1. The standard InChI is InChI=1S/C33H43Cl2N3O8/c1-21(44-29-19-24(10-9-23(29)20-39)45-25-17-26(34)31(41)27(35)18-25)16-28(22(2)43-6)36-11-7-8-30(40)37-12-14-38(15-13-37)32(42)46-33(3,4)5/h9-10,16-19,36,39,41H,7-8,11-15,20H2,1-6H3/b21-16+,28-22+. The van der Waals surface area contributed by atoms with Gasteiger partial charge in [0.15, 0.2) is 5.75 Å². The van der Waals surface area contributed by atoms with Gasteiger partial charge in [-0.2, -0.15) is 0 Å². The van der Waals surface area contributed by atoms with E-state index in [1.165, 1.54) is 12.1 Å². The summed E-state index contributed by atoms with van der Waals surface area (Å²) < 4.78 is 22.8. The zero-order chi connectivity index (χ0) is 34.0. The average molecular weight is 681 g/mol. The first kappa shape index (κ1) is 36.7. The second-order valence-corrected chi connectivity index (χ2v) is 12.5. The molecule has 2 aromatic rings. The predicted octanol–water partition coefficient (Wildman–Crippen LogP) is 6.59. The highest BCUT2D eigenvalue weighted by atomic mass is 35.5. The van der Waals surface area contributed by atoms with E-state index >= 15 is 0 Å². The molecule has 1 aliphatic rings. The van der Waals surface area contributed by atoms with Gasteiger partial charge in [-0.25, -0.2) is 4.79 Å². The predicted molar refractivity (Wildman–Crippen MR) is 176 cm³/mol. The summed E-state index contributed by atoms with van der Waals surface area (Å²) in [7, 11) is 1.56. The highest BCUT2D eigenvalue weighted by Gasteiger charge is 2.27. The number of nitrogens with one attached hydrogen (secondary N) is 1. The minimum atomic E-state index is -0.561. The van der Waals surface area contributed by atoms with Crippen molar-refractivity contribution in [2.45, 2.75) is 59.7 Å². The molecule has 0 aromatic heterocycles. The molecule has 2 amide bonds. The third-order valence-electron chi connectivity index (χ3n) is 6.91. The Morgan fingerprint density at radius 2 is 1.63 bits per heavy atom. The fourth-order valence-electron chi connectivity index (χ4n) is 4.44. The number of benzene rings is 2. The number of aliphatic hydroxyl groups is 1. The molecule has 3 rings (SSSR count). The largest absolute Gasteiger partial charge is 0.505 e. The number of nitrogens with zero attached hydrogens (tertiary/aromatic N) is 2. The van der Waals surface area contributed by atoms with Crippen molar-refractivity contribution < 1.29 is 38.7 Å². The molecule has 1 saturated heterocycles. The molecule has 0 bridgehead atoms.